The van der Waals surface area contributed by atoms with Crippen LogP contribution >= 0.6 is 0 Å². The van der Waals surface area contributed by atoms with Crippen LogP contribution in [0.1, 0.15) is 84.0 Å². The van der Waals surface area contributed by atoms with Crippen molar-refractivity contribution in [3.8, 4) is 0 Å². The minimum atomic E-state index is -0.857. The summed E-state index contributed by atoms with van der Waals surface area (Å²) >= 11 is 0. The molecular formula is C25H41N3O4. The van der Waals surface area contributed by atoms with E-state index in [1.165, 1.54) is 0 Å². The van der Waals surface area contributed by atoms with Crippen LogP contribution in [0.4, 0.5) is 4.79 Å². The third-order valence-electron chi connectivity index (χ3n) is 5.12. The van der Waals surface area contributed by atoms with Gasteiger partial charge in [-0.05, 0) is 78.5 Å². The van der Waals surface area contributed by atoms with Crippen molar-refractivity contribution in [2.75, 3.05) is 6.54 Å². The van der Waals surface area contributed by atoms with Crippen LogP contribution in [0, 0.1) is 13.8 Å². The van der Waals surface area contributed by atoms with Crippen molar-refractivity contribution in [2.24, 2.45) is 0 Å². The van der Waals surface area contributed by atoms with Crippen molar-refractivity contribution >= 4 is 17.9 Å². The molecule has 0 aliphatic rings. The lowest BCUT2D eigenvalue weighted by Gasteiger charge is -2.36. The van der Waals surface area contributed by atoms with Gasteiger partial charge in [0.25, 0.3) is 0 Å². The maximum absolute atomic E-state index is 13.5. The zero-order chi connectivity index (χ0) is 24.6. The molecule has 0 radical (unpaired) electrons. The maximum Gasteiger partial charge on any atom is 0.408 e. The van der Waals surface area contributed by atoms with E-state index in [1.807, 2.05) is 45.9 Å². The van der Waals surface area contributed by atoms with Gasteiger partial charge in [0.1, 0.15) is 17.7 Å². The molecule has 0 fully saturated rings. The first-order valence-electron chi connectivity index (χ1n) is 11.4. The Hall–Kier alpha value is -2.57. The van der Waals surface area contributed by atoms with Gasteiger partial charge in [-0.1, -0.05) is 31.5 Å². The molecule has 32 heavy (non-hydrogen) atoms. The molecule has 0 aliphatic carbocycles. The molecule has 0 aliphatic heterocycles. The van der Waals surface area contributed by atoms with Crippen LogP contribution < -0.4 is 10.6 Å². The minimum Gasteiger partial charge on any atom is -0.444 e. The van der Waals surface area contributed by atoms with E-state index in [9.17, 15) is 14.4 Å². The molecule has 1 aromatic carbocycles. The molecule has 7 nitrogen and oxygen atoms in total. The van der Waals surface area contributed by atoms with Gasteiger partial charge >= 0.3 is 6.09 Å². The van der Waals surface area contributed by atoms with Gasteiger partial charge in [-0.3, -0.25) is 9.59 Å². The van der Waals surface area contributed by atoms with E-state index in [-0.39, 0.29) is 17.9 Å². The normalized spacial score (nSPS) is 13.3. The van der Waals surface area contributed by atoms with E-state index in [0.29, 0.717) is 6.54 Å². The van der Waals surface area contributed by atoms with Gasteiger partial charge in [0.2, 0.25) is 11.8 Å². The van der Waals surface area contributed by atoms with Crippen LogP contribution in [-0.2, 0) is 14.3 Å². The van der Waals surface area contributed by atoms with Crippen molar-refractivity contribution in [3.63, 3.8) is 0 Å². The number of nitrogens with zero attached hydrogens (tertiary/aromatic N) is 1. The second kappa shape index (κ2) is 11.9. The van der Waals surface area contributed by atoms with E-state index in [4.69, 9.17) is 4.74 Å². The Bertz CT molecular complexity index is 799. The molecule has 0 aromatic heterocycles. The van der Waals surface area contributed by atoms with Crippen molar-refractivity contribution < 1.29 is 19.1 Å². The molecule has 0 bridgehead atoms. The summed E-state index contributed by atoms with van der Waals surface area (Å²) < 4.78 is 5.29. The molecule has 0 heterocycles. The number of carbonyl (C=O) groups is 3. The topological polar surface area (TPSA) is 87.7 Å². The number of unbranched alkanes of at least 4 members (excludes halogenated alkanes) is 1. The molecule has 2 N–H and O–H groups in total. The van der Waals surface area contributed by atoms with Crippen molar-refractivity contribution in [1.82, 2.24) is 15.5 Å². The molecule has 0 saturated carbocycles. The standard InChI is InChI=1S/C25H41N3O4/c1-10-11-14-26-22(29)21(20-13-12-17(4)18(5)15-20)28(16(2)3)23(30)19(6)27-24(31)32-25(7,8)9/h12-13,15-16,19,21H,10-11,14H2,1-9H3,(H,26,29)(H,27,31). The smallest absolute Gasteiger partial charge is 0.408 e. The van der Waals surface area contributed by atoms with E-state index < -0.39 is 23.8 Å². The highest BCUT2D eigenvalue weighted by atomic mass is 16.6. The lowest BCUT2D eigenvalue weighted by atomic mass is 9.97. The number of alkyl carbamates (subject to hydrolysis) is 1. The maximum atomic E-state index is 13.5. The molecule has 2 atom stereocenters. The molecule has 2 unspecified atom stereocenters. The number of aryl methyl sites for hydroxylation is 2. The molecule has 0 saturated heterocycles. The summed E-state index contributed by atoms with van der Waals surface area (Å²) in [6.45, 7) is 17.2. The Morgan fingerprint density at radius 2 is 1.69 bits per heavy atom. The number of ether oxygens (including phenoxy) is 1. The lowest BCUT2D eigenvalue weighted by Crippen LogP contribution is -2.54. The van der Waals surface area contributed by atoms with Crippen LogP contribution in [0.2, 0.25) is 0 Å². The van der Waals surface area contributed by atoms with Gasteiger partial charge in [-0.25, -0.2) is 4.79 Å². The second-order valence-corrected chi connectivity index (χ2v) is 9.60. The summed E-state index contributed by atoms with van der Waals surface area (Å²) in [5.41, 5.74) is 2.23. The average molecular weight is 448 g/mol. The molecule has 1 rings (SSSR count). The molecule has 7 heteroatoms. The summed E-state index contributed by atoms with van der Waals surface area (Å²) in [4.78, 5) is 40.5. The largest absolute Gasteiger partial charge is 0.444 e. The number of carbonyl (C=O) groups excluding carboxylic acids is 3. The quantitative estimate of drug-likeness (QED) is 0.549. The Kier molecular flexibility index (Phi) is 10.2. The first-order chi connectivity index (χ1) is 14.8. The number of benzene rings is 1. The minimum absolute atomic E-state index is 0.228. The van der Waals surface area contributed by atoms with Gasteiger partial charge in [0, 0.05) is 12.6 Å². The number of hydrogen-bond acceptors (Lipinski definition) is 4. The van der Waals surface area contributed by atoms with Crippen LogP contribution in [0.25, 0.3) is 0 Å². The SMILES string of the molecule is CCCCNC(=O)C(c1ccc(C)c(C)c1)N(C(=O)C(C)NC(=O)OC(C)(C)C)C(C)C. The van der Waals surface area contributed by atoms with E-state index >= 15 is 0 Å². The predicted octanol–water partition coefficient (Wildman–Crippen LogP) is 4.41. The third kappa shape index (κ3) is 8.17. The Labute approximate surface area is 193 Å². The van der Waals surface area contributed by atoms with E-state index in [2.05, 4.69) is 17.6 Å². The van der Waals surface area contributed by atoms with Crippen LogP contribution in [0.5, 0.6) is 0 Å². The summed E-state index contributed by atoms with van der Waals surface area (Å²) in [6, 6.07) is 3.87. The lowest BCUT2D eigenvalue weighted by molar-refractivity contribution is -0.144. The van der Waals surface area contributed by atoms with Gasteiger partial charge in [-0.2, -0.15) is 0 Å². The van der Waals surface area contributed by atoms with Crippen LogP contribution in [0.15, 0.2) is 18.2 Å². The van der Waals surface area contributed by atoms with Gasteiger partial charge in [-0.15, -0.1) is 0 Å². The fourth-order valence-corrected chi connectivity index (χ4v) is 3.31. The molecule has 3 amide bonds. The van der Waals surface area contributed by atoms with Crippen LogP contribution in [-0.4, -0.2) is 47.0 Å². The highest BCUT2D eigenvalue weighted by Gasteiger charge is 2.36. The average Bonchev–Trinajstić information content (AvgIpc) is 2.66. The van der Waals surface area contributed by atoms with Gasteiger partial charge in [0.05, 0.1) is 0 Å². The number of hydrogen-bond donors (Lipinski definition) is 2. The monoisotopic (exact) mass is 447 g/mol. The summed E-state index contributed by atoms with van der Waals surface area (Å²) in [5, 5.41) is 5.58. The van der Waals surface area contributed by atoms with Crippen LogP contribution in [0.3, 0.4) is 0 Å². The first kappa shape index (κ1) is 27.5. The van der Waals surface area contributed by atoms with Crippen molar-refractivity contribution in [2.45, 2.75) is 98.9 Å². The number of rotatable bonds is 9. The van der Waals surface area contributed by atoms with Crippen molar-refractivity contribution in [3.05, 3.63) is 34.9 Å². The van der Waals surface area contributed by atoms with Gasteiger partial charge < -0.3 is 20.3 Å². The zero-order valence-electron chi connectivity index (χ0n) is 21.2. The summed E-state index contributed by atoms with van der Waals surface area (Å²) in [5.74, 6) is -0.576. The Morgan fingerprint density at radius 1 is 1.06 bits per heavy atom. The number of amides is 3. The molecule has 1 aromatic rings. The van der Waals surface area contributed by atoms with Gasteiger partial charge in [0.15, 0.2) is 0 Å². The third-order valence-corrected chi connectivity index (χ3v) is 5.12. The van der Waals surface area contributed by atoms with E-state index in [1.54, 1.807) is 32.6 Å². The fourth-order valence-electron chi connectivity index (χ4n) is 3.31. The second-order valence-electron chi connectivity index (χ2n) is 9.60. The highest BCUT2D eigenvalue weighted by molar-refractivity contribution is 5.92. The predicted molar refractivity (Wildman–Crippen MR) is 127 cm³/mol. The first-order valence-corrected chi connectivity index (χ1v) is 11.4. The Morgan fingerprint density at radius 3 is 2.19 bits per heavy atom. The summed E-state index contributed by atoms with van der Waals surface area (Å²) in [7, 11) is 0. The molecule has 180 valence electrons. The van der Waals surface area contributed by atoms with Crippen molar-refractivity contribution in [1.29, 1.82) is 0 Å². The molecular weight excluding hydrogens is 406 g/mol. The summed E-state index contributed by atoms with van der Waals surface area (Å²) in [6.07, 6.45) is 1.15. The zero-order valence-corrected chi connectivity index (χ0v) is 21.2. The highest BCUT2D eigenvalue weighted by Crippen LogP contribution is 2.26. The fraction of sp³-hybridized carbons (Fsp3) is 0.640. The Balaban J connectivity index is 3.27. The molecule has 0 spiro atoms. The number of nitrogens with one attached hydrogen (secondary N) is 2. The van der Waals surface area contributed by atoms with E-state index in [0.717, 1.165) is 29.5 Å².